The predicted molar refractivity (Wildman–Crippen MR) is 124 cm³/mol. The molecule has 5 heteroatoms. The third-order valence-corrected chi connectivity index (χ3v) is 7.26. The first-order chi connectivity index (χ1) is 14.8. The van der Waals surface area contributed by atoms with Gasteiger partial charge in [-0.3, -0.25) is 4.79 Å². The van der Waals surface area contributed by atoms with Crippen molar-refractivity contribution in [1.29, 1.82) is 0 Å². The fraction of sp³-hybridized carbons (Fsp3) is 0.192. The van der Waals surface area contributed by atoms with Gasteiger partial charge in [-0.1, -0.05) is 71.8 Å². The lowest BCUT2D eigenvalue weighted by molar-refractivity contribution is -0.117. The Kier molecular flexibility index (Phi) is 5.54. The maximum Gasteiger partial charge on any atom is 0.268 e. The van der Waals surface area contributed by atoms with E-state index in [9.17, 15) is 13.2 Å². The summed E-state index contributed by atoms with van der Waals surface area (Å²) in [5.74, 6) is -0.122. The van der Waals surface area contributed by atoms with Gasteiger partial charge in [-0.05, 0) is 50.1 Å². The number of anilines is 1. The van der Waals surface area contributed by atoms with Crippen LogP contribution in [0.3, 0.4) is 0 Å². The van der Waals surface area contributed by atoms with Crippen molar-refractivity contribution in [1.82, 2.24) is 0 Å². The molecule has 0 amide bonds. The Morgan fingerprint density at radius 3 is 2.19 bits per heavy atom. The van der Waals surface area contributed by atoms with E-state index in [2.05, 4.69) is 0 Å². The van der Waals surface area contributed by atoms with Crippen molar-refractivity contribution in [2.45, 2.75) is 38.0 Å². The summed E-state index contributed by atoms with van der Waals surface area (Å²) in [5.41, 5.74) is 4.83. The van der Waals surface area contributed by atoms with Gasteiger partial charge in [0.2, 0.25) is 0 Å². The van der Waals surface area contributed by atoms with Crippen LogP contribution in [-0.4, -0.2) is 14.2 Å². The lowest BCUT2D eigenvalue weighted by Crippen LogP contribution is -2.33. The van der Waals surface area contributed by atoms with E-state index >= 15 is 0 Å². The normalized spacial score (nSPS) is 15.9. The maximum atomic E-state index is 13.9. The molecular weight excluding hydrogens is 406 g/mol. The van der Waals surface area contributed by atoms with Gasteiger partial charge in [0.05, 0.1) is 16.3 Å². The van der Waals surface area contributed by atoms with Crippen molar-refractivity contribution >= 4 is 27.2 Å². The Labute approximate surface area is 183 Å². The molecule has 0 bridgehead atoms. The number of Topliss-reactive ketones (excluding diaryl/α,β-unsaturated/α-hetero) is 1. The van der Waals surface area contributed by atoms with Crippen LogP contribution < -0.4 is 4.31 Å². The summed E-state index contributed by atoms with van der Waals surface area (Å²) in [4.78, 5) is 12.3. The molecule has 0 saturated heterocycles. The molecule has 0 radical (unpaired) electrons. The first kappa shape index (κ1) is 21.1. The number of hydrogen-bond acceptors (Lipinski definition) is 3. The lowest BCUT2D eigenvalue weighted by Gasteiger charge is -2.35. The average Bonchev–Trinajstić information content (AvgIpc) is 2.74. The van der Waals surface area contributed by atoms with Gasteiger partial charge in [-0.2, -0.15) is 0 Å². The second-order valence-electron chi connectivity index (χ2n) is 8.08. The van der Waals surface area contributed by atoms with E-state index in [1.807, 2.05) is 68.5 Å². The topological polar surface area (TPSA) is 54.5 Å². The van der Waals surface area contributed by atoms with Gasteiger partial charge in [0.1, 0.15) is 5.78 Å². The molecule has 158 valence electrons. The Bertz CT molecular complexity index is 1260. The summed E-state index contributed by atoms with van der Waals surface area (Å²) < 4.78 is 29.2. The van der Waals surface area contributed by atoms with E-state index in [1.165, 1.54) is 4.31 Å². The van der Waals surface area contributed by atoms with Crippen molar-refractivity contribution in [2.24, 2.45) is 0 Å². The van der Waals surface area contributed by atoms with E-state index in [0.29, 0.717) is 17.8 Å². The van der Waals surface area contributed by atoms with Crippen LogP contribution in [0.15, 0.2) is 83.8 Å². The second kappa shape index (κ2) is 8.16. The number of nitrogens with zero attached hydrogens (tertiary/aromatic N) is 1. The number of allylic oxidation sites excluding steroid dienone is 1. The van der Waals surface area contributed by atoms with Crippen molar-refractivity contribution in [3.63, 3.8) is 0 Å². The fourth-order valence-electron chi connectivity index (χ4n) is 4.01. The summed E-state index contributed by atoms with van der Waals surface area (Å²) in [6.45, 7) is 5.47. The number of carbonyl (C=O) groups excluding carboxylic acids is 1. The largest absolute Gasteiger partial charge is 0.300 e. The quantitative estimate of drug-likeness (QED) is 0.527. The number of carbonyl (C=O) groups is 1. The summed E-state index contributed by atoms with van der Waals surface area (Å²) in [6.07, 6.45) is 2.25. The standard InChI is InChI=1S/C26H25NO3S/c1-18-9-12-23(13-10-18)31(29,30)27-25-14-11-19(2)15-24(25)22(16-20(3)28)17-26(27)21-7-5-4-6-8-21/h4-15,17,22H,16H2,1-3H3/t22-/m1/s1. The molecule has 0 spiro atoms. The van der Waals surface area contributed by atoms with Crippen LogP contribution in [0.4, 0.5) is 5.69 Å². The first-order valence-corrected chi connectivity index (χ1v) is 11.7. The first-order valence-electron chi connectivity index (χ1n) is 10.3. The third kappa shape index (κ3) is 4.06. The molecular formula is C26H25NO3S. The molecule has 0 saturated carbocycles. The molecule has 31 heavy (non-hydrogen) atoms. The predicted octanol–water partition coefficient (Wildman–Crippen LogP) is 5.62. The number of sulfonamides is 1. The summed E-state index contributed by atoms with van der Waals surface area (Å²) >= 11 is 0. The zero-order valence-corrected chi connectivity index (χ0v) is 18.7. The van der Waals surface area contributed by atoms with Crippen LogP contribution in [0.2, 0.25) is 0 Å². The SMILES string of the molecule is CC(=O)C[C@@H]1C=C(c2ccccc2)N(S(=O)(=O)c2ccc(C)cc2)c2ccc(C)cc21. The van der Waals surface area contributed by atoms with Crippen molar-refractivity contribution in [2.75, 3.05) is 4.31 Å². The minimum atomic E-state index is -3.87. The van der Waals surface area contributed by atoms with Gasteiger partial charge in [0.25, 0.3) is 10.0 Å². The average molecular weight is 432 g/mol. The molecule has 0 fully saturated rings. The Hall–Kier alpha value is -3.18. The molecule has 4 rings (SSSR count). The maximum absolute atomic E-state index is 13.9. The molecule has 3 aromatic carbocycles. The van der Waals surface area contributed by atoms with Gasteiger partial charge in [0.15, 0.2) is 0 Å². The second-order valence-corrected chi connectivity index (χ2v) is 9.86. The number of rotatable bonds is 5. The van der Waals surface area contributed by atoms with Gasteiger partial charge in [-0.15, -0.1) is 0 Å². The highest BCUT2D eigenvalue weighted by Crippen LogP contribution is 2.44. The molecule has 1 atom stereocenters. The minimum absolute atomic E-state index is 0.0657. The zero-order valence-electron chi connectivity index (χ0n) is 17.9. The number of fused-ring (bicyclic) bond motifs is 1. The Morgan fingerprint density at radius 1 is 0.903 bits per heavy atom. The Balaban J connectivity index is 1.98. The number of aryl methyl sites for hydroxylation is 2. The highest BCUT2D eigenvalue weighted by Gasteiger charge is 2.36. The molecule has 1 heterocycles. The number of hydrogen-bond donors (Lipinski definition) is 0. The van der Waals surface area contributed by atoms with Crippen LogP contribution in [0.25, 0.3) is 5.70 Å². The lowest BCUT2D eigenvalue weighted by atomic mass is 9.87. The van der Waals surface area contributed by atoms with E-state index < -0.39 is 10.0 Å². The van der Waals surface area contributed by atoms with Crippen LogP contribution >= 0.6 is 0 Å². The third-order valence-electron chi connectivity index (χ3n) is 5.52. The summed E-state index contributed by atoms with van der Waals surface area (Å²) in [7, 11) is -3.87. The van der Waals surface area contributed by atoms with Crippen molar-refractivity contribution < 1.29 is 13.2 Å². The van der Waals surface area contributed by atoms with E-state index in [-0.39, 0.29) is 16.6 Å². The monoisotopic (exact) mass is 431 g/mol. The molecule has 0 unspecified atom stereocenters. The van der Waals surface area contributed by atoms with Gasteiger partial charge < -0.3 is 0 Å². The van der Waals surface area contributed by atoms with E-state index in [0.717, 1.165) is 22.3 Å². The molecule has 0 aliphatic carbocycles. The van der Waals surface area contributed by atoms with Crippen LogP contribution in [0.1, 0.15) is 41.5 Å². The zero-order chi connectivity index (χ0) is 22.2. The van der Waals surface area contributed by atoms with Crippen molar-refractivity contribution in [3.05, 3.63) is 101 Å². The molecule has 0 N–H and O–H groups in total. The molecule has 1 aliphatic heterocycles. The van der Waals surface area contributed by atoms with Gasteiger partial charge in [-0.25, -0.2) is 12.7 Å². The highest BCUT2D eigenvalue weighted by molar-refractivity contribution is 7.93. The molecule has 4 nitrogen and oxygen atoms in total. The highest BCUT2D eigenvalue weighted by atomic mass is 32.2. The van der Waals surface area contributed by atoms with E-state index in [1.54, 1.807) is 31.2 Å². The smallest absolute Gasteiger partial charge is 0.268 e. The van der Waals surface area contributed by atoms with Crippen molar-refractivity contribution in [3.8, 4) is 0 Å². The minimum Gasteiger partial charge on any atom is -0.300 e. The summed E-state index contributed by atoms with van der Waals surface area (Å²) in [6, 6.07) is 22.1. The van der Waals surface area contributed by atoms with Gasteiger partial charge >= 0.3 is 0 Å². The van der Waals surface area contributed by atoms with Crippen LogP contribution in [-0.2, 0) is 14.8 Å². The molecule has 3 aromatic rings. The van der Waals surface area contributed by atoms with Gasteiger partial charge in [0, 0.05) is 12.3 Å². The fourth-order valence-corrected chi connectivity index (χ4v) is 5.55. The number of ketones is 1. The molecule has 1 aliphatic rings. The summed E-state index contributed by atoms with van der Waals surface area (Å²) in [5, 5.41) is 0. The Morgan fingerprint density at radius 2 is 1.55 bits per heavy atom. The number of benzene rings is 3. The molecule has 0 aromatic heterocycles. The van der Waals surface area contributed by atoms with E-state index in [4.69, 9.17) is 0 Å². The van der Waals surface area contributed by atoms with Crippen LogP contribution in [0.5, 0.6) is 0 Å². The van der Waals surface area contributed by atoms with Crippen LogP contribution in [0, 0.1) is 13.8 Å².